The Balaban J connectivity index is 1.88. The average Bonchev–Trinajstić information content (AvgIpc) is 2.63. The minimum Gasteiger partial charge on any atom is -0.391 e. The van der Waals surface area contributed by atoms with Gasteiger partial charge in [-0.15, -0.1) is 0 Å². The van der Waals surface area contributed by atoms with Crippen molar-refractivity contribution in [1.29, 1.82) is 0 Å². The summed E-state index contributed by atoms with van der Waals surface area (Å²) < 4.78 is 27.2. The fraction of sp³-hybridized carbons (Fsp3) is 0.667. The van der Waals surface area contributed by atoms with E-state index in [1.807, 2.05) is 6.92 Å². The molecule has 1 aliphatic heterocycles. The molecule has 0 bridgehead atoms. The second-order valence-corrected chi connectivity index (χ2v) is 9.59. The van der Waals surface area contributed by atoms with E-state index >= 15 is 0 Å². The molecule has 3 atom stereocenters. The molecule has 2 N–H and O–H groups in total. The summed E-state index contributed by atoms with van der Waals surface area (Å²) in [5.74, 6) is 0.275. The molecule has 1 aliphatic carbocycles. The van der Waals surface area contributed by atoms with Crippen LogP contribution >= 0.6 is 0 Å². The van der Waals surface area contributed by atoms with Crippen molar-refractivity contribution in [2.24, 2.45) is 5.92 Å². The van der Waals surface area contributed by atoms with Gasteiger partial charge in [0.15, 0.2) is 0 Å². The minimum absolute atomic E-state index is 0.0574. The summed E-state index contributed by atoms with van der Waals surface area (Å²) in [6.07, 6.45) is 4.49. The first kappa shape index (κ1) is 20.0. The zero-order valence-electron chi connectivity index (χ0n) is 15.5. The van der Waals surface area contributed by atoms with Gasteiger partial charge in [0.05, 0.1) is 22.0 Å². The summed E-state index contributed by atoms with van der Waals surface area (Å²) in [5.41, 5.74) is -0.0316. The van der Waals surface area contributed by atoms with Gasteiger partial charge < -0.3 is 10.4 Å². The molecule has 8 nitrogen and oxygen atoms in total. The van der Waals surface area contributed by atoms with Crippen molar-refractivity contribution < 1.29 is 18.4 Å². The molecule has 0 amide bonds. The third kappa shape index (κ3) is 4.41. The van der Waals surface area contributed by atoms with Crippen LogP contribution in [-0.4, -0.2) is 48.0 Å². The Morgan fingerprint density at radius 2 is 1.96 bits per heavy atom. The number of piperidine rings is 1. The standard InChI is InChI=1S/C18H27N3O5S/c1-13-5-4-10-20(12-13)27(25,26)14-8-9-15(17(11-14)21(23)24)19-16-6-2-3-7-18(16)22/h8-9,11,13,16,18-19,22H,2-7,10,12H2,1H3/t13-,16-,18-/m1/s1. The van der Waals surface area contributed by atoms with Crippen LogP contribution in [0.3, 0.4) is 0 Å². The average molecular weight is 397 g/mol. The van der Waals surface area contributed by atoms with E-state index in [-0.39, 0.29) is 28.2 Å². The SMILES string of the molecule is C[C@@H]1CCCN(S(=O)(=O)c2ccc(N[C@@H]3CCCC[C@H]3O)c([N+](=O)[O-])c2)C1. The molecule has 0 radical (unpaired) electrons. The number of hydrogen-bond donors (Lipinski definition) is 2. The van der Waals surface area contributed by atoms with Crippen LogP contribution in [0.25, 0.3) is 0 Å². The van der Waals surface area contributed by atoms with Crippen molar-refractivity contribution in [1.82, 2.24) is 4.31 Å². The molecule has 9 heteroatoms. The largest absolute Gasteiger partial charge is 0.391 e. The smallest absolute Gasteiger partial charge is 0.293 e. The minimum atomic E-state index is -3.76. The molecule has 150 valence electrons. The second kappa shape index (κ2) is 8.12. The number of nitrogens with zero attached hydrogens (tertiary/aromatic N) is 2. The Morgan fingerprint density at radius 3 is 2.63 bits per heavy atom. The number of rotatable bonds is 5. The summed E-state index contributed by atoms with van der Waals surface area (Å²) in [6.45, 7) is 2.88. The predicted molar refractivity (Wildman–Crippen MR) is 102 cm³/mol. The molecule has 1 aromatic carbocycles. The molecular weight excluding hydrogens is 370 g/mol. The van der Waals surface area contributed by atoms with Crippen LogP contribution in [-0.2, 0) is 10.0 Å². The van der Waals surface area contributed by atoms with E-state index in [1.165, 1.54) is 16.4 Å². The molecule has 1 aromatic rings. The molecule has 2 fully saturated rings. The highest BCUT2D eigenvalue weighted by Gasteiger charge is 2.31. The van der Waals surface area contributed by atoms with Crippen molar-refractivity contribution in [2.45, 2.75) is 62.5 Å². The van der Waals surface area contributed by atoms with Crippen LogP contribution < -0.4 is 5.32 Å². The summed E-state index contributed by atoms with van der Waals surface area (Å²) in [7, 11) is -3.76. The van der Waals surface area contributed by atoms with Gasteiger partial charge in [0.1, 0.15) is 5.69 Å². The molecule has 27 heavy (non-hydrogen) atoms. The van der Waals surface area contributed by atoms with Gasteiger partial charge in [0, 0.05) is 19.2 Å². The first-order valence-electron chi connectivity index (χ1n) is 9.52. The van der Waals surface area contributed by atoms with Crippen LogP contribution in [0.1, 0.15) is 45.4 Å². The highest BCUT2D eigenvalue weighted by atomic mass is 32.2. The van der Waals surface area contributed by atoms with Crippen molar-refractivity contribution in [2.75, 3.05) is 18.4 Å². The van der Waals surface area contributed by atoms with Gasteiger partial charge in [0.2, 0.25) is 10.0 Å². The number of nitro groups is 1. The molecule has 1 heterocycles. The molecule has 0 unspecified atom stereocenters. The van der Waals surface area contributed by atoms with Crippen molar-refractivity contribution in [3.8, 4) is 0 Å². The van der Waals surface area contributed by atoms with Crippen LogP contribution in [0.5, 0.6) is 0 Å². The predicted octanol–water partition coefficient (Wildman–Crippen LogP) is 2.73. The first-order valence-corrected chi connectivity index (χ1v) is 11.0. The number of sulfonamides is 1. The number of aliphatic hydroxyl groups excluding tert-OH is 1. The maximum atomic E-state index is 12.9. The van der Waals surface area contributed by atoms with Gasteiger partial charge in [0.25, 0.3) is 5.69 Å². The Labute approximate surface area is 159 Å². The van der Waals surface area contributed by atoms with Crippen LogP contribution in [0, 0.1) is 16.0 Å². The second-order valence-electron chi connectivity index (χ2n) is 7.65. The lowest BCUT2D eigenvalue weighted by molar-refractivity contribution is -0.384. The molecule has 0 aromatic heterocycles. The Hall–Kier alpha value is -1.71. The van der Waals surface area contributed by atoms with Crippen molar-refractivity contribution in [3.63, 3.8) is 0 Å². The van der Waals surface area contributed by atoms with Crippen LogP contribution in [0.4, 0.5) is 11.4 Å². The number of nitrogens with one attached hydrogen (secondary N) is 1. The Morgan fingerprint density at radius 1 is 1.22 bits per heavy atom. The third-order valence-electron chi connectivity index (χ3n) is 5.49. The van der Waals surface area contributed by atoms with Gasteiger partial charge in [-0.1, -0.05) is 19.8 Å². The quantitative estimate of drug-likeness (QED) is 0.583. The molecular formula is C18H27N3O5S. The van der Waals surface area contributed by atoms with Gasteiger partial charge in [-0.25, -0.2) is 8.42 Å². The fourth-order valence-corrected chi connectivity index (χ4v) is 5.56. The Bertz CT molecular complexity index is 798. The van der Waals surface area contributed by atoms with Crippen molar-refractivity contribution in [3.05, 3.63) is 28.3 Å². The number of hydrogen-bond acceptors (Lipinski definition) is 6. The normalized spacial score (nSPS) is 27.3. The van der Waals surface area contributed by atoms with E-state index < -0.39 is 21.1 Å². The highest BCUT2D eigenvalue weighted by Crippen LogP contribution is 2.32. The van der Waals surface area contributed by atoms with Gasteiger partial charge in [-0.05, 0) is 43.7 Å². The van der Waals surface area contributed by atoms with E-state index in [4.69, 9.17) is 0 Å². The maximum Gasteiger partial charge on any atom is 0.293 e. The van der Waals surface area contributed by atoms with Gasteiger partial charge in [-0.2, -0.15) is 4.31 Å². The monoisotopic (exact) mass is 397 g/mol. The van der Waals surface area contributed by atoms with Gasteiger partial charge in [-0.3, -0.25) is 10.1 Å². The number of nitro benzene ring substituents is 1. The lowest BCUT2D eigenvalue weighted by Gasteiger charge is -2.30. The van der Waals surface area contributed by atoms with Crippen LogP contribution in [0.2, 0.25) is 0 Å². The molecule has 2 aliphatic rings. The lowest BCUT2D eigenvalue weighted by Crippen LogP contribution is -2.39. The first-order chi connectivity index (χ1) is 12.8. The van der Waals surface area contributed by atoms with E-state index in [2.05, 4.69) is 5.32 Å². The topological polar surface area (TPSA) is 113 Å². The lowest BCUT2D eigenvalue weighted by atomic mass is 9.92. The zero-order valence-corrected chi connectivity index (χ0v) is 16.3. The van der Waals surface area contributed by atoms with Gasteiger partial charge >= 0.3 is 0 Å². The maximum absolute atomic E-state index is 12.9. The number of aliphatic hydroxyl groups is 1. The zero-order chi connectivity index (χ0) is 19.6. The van der Waals surface area contributed by atoms with Crippen LogP contribution in [0.15, 0.2) is 23.1 Å². The highest BCUT2D eigenvalue weighted by molar-refractivity contribution is 7.89. The molecule has 3 rings (SSSR count). The summed E-state index contributed by atoms with van der Waals surface area (Å²) >= 11 is 0. The fourth-order valence-electron chi connectivity index (χ4n) is 3.94. The number of anilines is 1. The van der Waals surface area contributed by atoms with Crippen molar-refractivity contribution >= 4 is 21.4 Å². The molecule has 1 saturated carbocycles. The molecule has 0 spiro atoms. The summed E-state index contributed by atoms with van der Waals surface area (Å²) in [6, 6.07) is 3.73. The third-order valence-corrected chi connectivity index (χ3v) is 7.35. The number of benzene rings is 1. The summed E-state index contributed by atoms with van der Waals surface area (Å²) in [5, 5.41) is 24.7. The summed E-state index contributed by atoms with van der Waals surface area (Å²) in [4.78, 5) is 10.9. The van der Waals surface area contributed by atoms with E-state index in [0.29, 0.717) is 19.5 Å². The Kier molecular flexibility index (Phi) is 6.02. The van der Waals surface area contributed by atoms with E-state index in [9.17, 15) is 23.6 Å². The van der Waals surface area contributed by atoms with E-state index in [0.717, 1.165) is 38.2 Å². The van der Waals surface area contributed by atoms with E-state index in [1.54, 1.807) is 0 Å². The molecule has 1 saturated heterocycles.